The maximum Gasteiger partial charge on any atom is 0.251 e. The summed E-state index contributed by atoms with van der Waals surface area (Å²) in [6.07, 6.45) is 1.76. The first-order chi connectivity index (χ1) is 15.2. The molecule has 1 atom stereocenters. The molecule has 0 aromatic heterocycles. The molecule has 1 fully saturated rings. The summed E-state index contributed by atoms with van der Waals surface area (Å²) in [5, 5.41) is 14.6. The van der Waals surface area contributed by atoms with E-state index in [0.29, 0.717) is 18.7 Å². The normalized spacial score (nSPS) is 17.0. The van der Waals surface area contributed by atoms with Crippen molar-refractivity contribution in [1.29, 1.82) is 0 Å². The van der Waals surface area contributed by atoms with Crippen LogP contribution in [0.4, 0.5) is 0 Å². The van der Waals surface area contributed by atoms with E-state index in [9.17, 15) is 23.1 Å². The molecular weight excluding hydrogens is 454 g/mol. The molecule has 1 aliphatic rings. The van der Waals surface area contributed by atoms with Gasteiger partial charge in [-0.2, -0.15) is 4.31 Å². The van der Waals surface area contributed by atoms with Crippen LogP contribution in [0.1, 0.15) is 40.5 Å². The molecule has 0 spiro atoms. The van der Waals surface area contributed by atoms with Gasteiger partial charge in [-0.15, -0.1) is 0 Å². The quantitative estimate of drug-likeness (QED) is 0.528. The molecule has 0 aliphatic carbocycles. The zero-order valence-electron chi connectivity index (χ0n) is 17.7. The van der Waals surface area contributed by atoms with Crippen molar-refractivity contribution in [2.24, 2.45) is 5.92 Å². The monoisotopic (exact) mass is 479 g/mol. The van der Waals surface area contributed by atoms with Crippen molar-refractivity contribution >= 4 is 33.4 Å². The Morgan fingerprint density at radius 2 is 1.66 bits per heavy atom. The van der Waals surface area contributed by atoms with E-state index in [1.165, 1.54) is 46.8 Å². The fourth-order valence-electron chi connectivity index (χ4n) is 3.51. The molecule has 10 heteroatoms. The van der Waals surface area contributed by atoms with Gasteiger partial charge >= 0.3 is 0 Å². The summed E-state index contributed by atoms with van der Waals surface area (Å²) >= 11 is 6.17. The van der Waals surface area contributed by atoms with Crippen LogP contribution in [0.5, 0.6) is 5.75 Å². The zero-order chi connectivity index (χ0) is 23.3. The molecule has 1 heterocycles. The lowest BCUT2D eigenvalue weighted by atomic mass is 10.0. The number of hydrogen-bond acceptors (Lipinski definition) is 5. The molecule has 2 amide bonds. The molecule has 8 nitrogen and oxygen atoms in total. The Morgan fingerprint density at radius 3 is 2.28 bits per heavy atom. The maximum absolute atomic E-state index is 13.1. The van der Waals surface area contributed by atoms with Crippen LogP contribution in [0.2, 0.25) is 5.02 Å². The number of phenols is 1. The number of phenolic OH excluding ortho intramolecular Hbond substituents is 1. The number of halogens is 1. The summed E-state index contributed by atoms with van der Waals surface area (Å²) in [7, 11) is -3.81. The van der Waals surface area contributed by atoms with E-state index in [2.05, 4.69) is 10.6 Å². The van der Waals surface area contributed by atoms with Gasteiger partial charge in [0.05, 0.1) is 5.02 Å². The third kappa shape index (κ3) is 5.79. The number of aromatic hydroxyl groups is 1. The van der Waals surface area contributed by atoms with Crippen LogP contribution in [-0.4, -0.2) is 55.8 Å². The average molecular weight is 480 g/mol. The van der Waals surface area contributed by atoms with Gasteiger partial charge < -0.3 is 15.7 Å². The molecule has 3 rings (SSSR count). The summed E-state index contributed by atoms with van der Waals surface area (Å²) in [6, 6.07) is 9.96. The highest BCUT2D eigenvalue weighted by atomic mass is 35.5. The lowest BCUT2D eigenvalue weighted by Crippen LogP contribution is -2.39. The van der Waals surface area contributed by atoms with Gasteiger partial charge in [0.15, 0.2) is 0 Å². The molecule has 0 saturated carbocycles. The Hall–Kier alpha value is -2.62. The predicted molar refractivity (Wildman–Crippen MR) is 121 cm³/mol. The SMILES string of the molecule is CC1CCCN(S(=O)(=O)c2cc(C(=O)NCCNC(=O)c3ccc(O)cc3)ccc2Cl)C1. The third-order valence-electron chi connectivity index (χ3n) is 5.26. The van der Waals surface area contributed by atoms with Gasteiger partial charge in [0.2, 0.25) is 10.0 Å². The molecule has 3 N–H and O–H groups in total. The number of benzene rings is 2. The number of piperidine rings is 1. The number of rotatable bonds is 7. The van der Waals surface area contributed by atoms with Gasteiger partial charge in [-0.1, -0.05) is 18.5 Å². The van der Waals surface area contributed by atoms with Crippen LogP contribution >= 0.6 is 11.6 Å². The van der Waals surface area contributed by atoms with Gasteiger partial charge in [0.1, 0.15) is 10.6 Å². The van der Waals surface area contributed by atoms with E-state index in [1.54, 1.807) is 0 Å². The second-order valence-electron chi connectivity index (χ2n) is 7.81. The highest BCUT2D eigenvalue weighted by molar-refractivity contribution is 7.89. The van der Waals surface area contributed by atoms with Crippen molar-refractivity contribution in [3.8, 4) is 5.75 Å². The van der Waals surface area contributed by atoms with Crippen LogP contribution in [0.25, 0.3) is 0 Å². The minimum absolute atomic E-state index is 0.0629. The third-order valence-corrected chi connectivity index (χ3v) is 7.60. The van der Waals surface area contributed by atoms with Crippen molar-refractivity contribution in [2.45, 2.75) is 24.7 Å². The van der Waals surface area contributed by atoms with Gasteiger partial charge in [0.25, 0.3) is 11.8 Å². The van der Waals surface area contributed by atoms with Crippen molar-refractivity contribution in [3.63, 3.8) is 0 Å². The predicted octanol–water partition coefficient (Wildman–Crippen LogP) is 2.63. The van der Waals surface area contributed by atoms with Crippen LogP contribution in [0.3, 0.4) is 0 Å². The number of sulfonamides is 1. The van der Waals surface area contributed by atoms with Gasteiger partial charge in [-0.3, -0.25) is 9.59 Å². The Bertz CT molecular complexity index is 1090. The minimum Gasteiger partial charge on any atom is -0.508 e. The Morgan fingerprint density at radius 1 is 1.06 bits per heavy atom. The molecule has 2 aromatic carbocycles. The minimum atomic E-state index is -3.81. The molecule has 2 aromatic rings. The van der Waals surface area contributed by atoms with Crippen LogP contribution < -0.4 is 10.6 Å². The standard InChI is InChI=1S/C22H26ClN3O5S/c1-15-3-2-12-26(14-15)32(30,31)20-13-17(6-9-19(20)23)22(29)25-11-10-24-21(28)16-4-7-18(27)8-5-16/h4-9,13,15,27H,2-3,10-12,14H2,1H3,(H,24,28)(H,25,29). The van der Waals surface area contributed by atoms with E-state index < -0.39 is 15.9 Å². The lowest BCUT2D eigenvalue weighted by Gasteiger charge is -2.30. The largest absolute Gasteiger partial charge is 0.508 e. The Balaban J connectivity index is 1.60. The van der Waals surface area contributed by atoms with E-state index in [4.69, 9.17) is 11.6 Å². The summed E-state index contributed by atoms with van der Waals surface area (Å²) in [5.41, 5.74) is 0.552. The van der Waals surface area contributed by atoms with Crippen LogP contribution in [-0.2, 0) is 10.0 Å². The highest BCUT2D eigenvalue weighted by Crippen LogP contribution is 2.29. The molecule has 0 radical (unpaired) electrons. The van der Waals surface area contributed by atoms with E-state index in [-0.39, 0.29) is 46.1 Å². The highest BCUT2D eigenvalue weighted by Gasteiger charge is 2.30. The molecule has 0 bridgehead atoms. The second-order valence-corrected chi connectivity index (χ2v) is 10.1. The van der Waals surface area contributed by atoms with Crippen molar-refractivity contribution in [1.82, 2.24) is 14.9 Å². The number of amides is 2. The number of carbonyl (C=O) groups is 2. The summed E-state index contributed by atoms with van der Waals surface area (Å²) < 4.78 is 27.6. The molecule has 32 heavy (non-hydrogen) atoms. The number of nitrogens with one attached hydrogen (secondary N) is 2. The zero-order valence-corrected chi connectivity index (χ0v) is 19.2. The first-order valence-corrected chi connectivity index (χ1v) is 12.2. The lowest BCUT2D eigenvalue weighted by molar-refractivity contribution is 0.0927. The van der Waals surface area contributed by atoms with E-state index >= 15 is 0 Å². The van der Waals surface area contributed by atoms with E-state index in [1.807, 2.05) is 6.92 Å². The average Bonchev–Trinajstić information content (AvgIpc) is 2.77. The first-order valence-electron chi connectivity index (χ1n) is 10.3. The summed E-state index contributed by atoms with van der Waals surface area (Å²) in [6.45, 7) is 3.19. The smallest absolute Gasteiger partial charge is 0.251 e. The second kappa shape index (κ2) is 10.3. The number of carbonyl (C=O) groups excluding carboxylic acids is 2. The number of nitrogens with zero attached hydrogens (tertiary/aromatic N) is 1. The molecular formula is C22H26ClN3O5S. The molecule has 1 unspecified atom stereocenters. The fraction of sp³-hybridized carbons (Fsp3) is 0.364. The Labute approximate surface area is 192 Å². The summed E-state index contributed by atoms with van der Waals surface area (Å²) in [4.78, 5) is 24.5. The van der Waals surface area contributed by atoms with Gasteiger partial charge in [0, 0.05) is 37.3 Å². The van der Waals surface area contributed by atoms with Crippen LogP contribution in [0.15, 0.2) is 47.4 Å². The molecule has 1 aliphatic heterocycles. The van der Waals surface area contributed by atoms with Gasteiger partial charge in [-0.05, 0) is 61.2 Å². The van der Waals surface area contributed by atoms with Crippen molar-refractivity contribution < 1.29 is 23.1 Å². The fourth-order valence-corrected chi connectivity index (χ4v) is 5.61. The van der Waals surface area contributed by atoms with Crippen molar-refractivity contribution in [2.75, 3.05) is 26.2 Å². The maximum atomic E-state index is 13.1. The Kier molecular flexibility index (Phi) is 7.76. The van der Waals surface area contributed by atoms with Crippen LogP contribution in [0, 0.1) is 5.92 Å². The van der Waals surface area contributed by atoms with Gasteiger partial charge in [-0.25, -0.2) is 8.42 Å². The molecule has 1 saturated heterocycles. The first kappa shape index (κ1) is 24.0. The number of hydrogen-bond donors (Lipinski definition) is 3. The summed E-state index contributed by atoms with van der Waals surface area (Å²) in [5.74, 6) is -0.479. The van der Waals surface area contributed by atoms with Crippen molar-refractivity contribution in [3.05, 3.63) is 58.6 Å². The van der Waals surface area contributed by atoms with E-state index in [0.717, 1.165) is 12.8 Å². The topological polar surface area (TPSA) is 116 Å². The molecule has 172 valence electrons.